The Balaban J connectivity index is 1.30. The van der Waals surface area contributed by atoms with Crippen LogP contribution in [0.5, 0.6) is 0 Å². The summed E-state index contributed by atoms with van der Waals surface area (Å²) in [6.07, 6.45) is -6.56. The largest absolute Gasteiger partial charge is 0.472 e. The minimum Gasteiger partial charge on any atom is -0.455 e. The van der Waals surface area contributed by atoms with Crippen LogP contribution in [-0.2, 0) is 62.5 Å². The molecule has 9 atom stereocenters. The molecule has 30 nitrogen and oxygen atoms in total. The molecule has 2 aromatic heterocycles. The first-order valence-electron chi connectivity index (χ1n) is 21.6. The van der Waals surface area contributed by atoms with Crippen LogP contribution in [0.25, 0.3) is 21.6 Å². The van der Waals surface area contributed by atoms with Crippen LogP contribution in [0.2, 0.25) is 0 Å². The minimum absolute atomic E-state index is 0.0259. The number of nitrogen functional groups attached to an aromatic ring is 1. The first-order valence-corrected chi connectivity index (χ1v) is 24.6. The van der Waals surface area contributed by atoms with Gasteiger partial charge in [0, 0.05) is 36.2 Å². The predicted molar refractivity (Wildman–Crippen MR) is 244 cm³/mol. The Kier molecular flexibility index (Phi) is 19.5. The minimum atomic E-state index is -5.29. The van der Waals surface area contributed by atoms with Gasteiger partial charge in [0.15, 0.2) is 23.8 Å². The molecule has 2 fully saturated rings. The summed E-state index contributed by atoms with van der Waals surface area (Å²) in [4.78, 5) is 97.0. The fraction of sp³-hybridized carbons (Fsp3) is 0.538. The van der Waals surface area contributed by atoms with Crippen molar-refractivity contribution < 1.29 is 80.6 Å². The number of carbonyl (C=O) groups is 4. The van der Waals surface area contributed by atoms with Gasteiger partial charge in [0.1, 0.15) is 60.0 Å². The van der Waals surface area contributed by atoms with Gasteiger partial charge in [-0.1, -0.05) is 29.4 Å². The van der Waals surface area contributed by atoms with E-state index in [2.05, 4.69) is 40.1 Å². The van der Waals surface area contributed by atoms with Crippen LogP contribution in [0.15, 0.2) is 54.3 Å². The fourth-order valence-corrected chi connectivity index (χ4v) is 8.38. The number of amidine groups is 1. The number of amides is 3. The molecule has 1 aromatic carbocycles. The number of phosphoric acid groups is 2. The molecule has 0 bridgehead atoms. The topological polar surface area (TPSA) is 444 Å². The van der Waals surface area contributed by atoms with Crippen LogP contribution < -0.4 is 22.1 Å². The lowest BCUT2D eigenvalue weighted by Crippen LogP contribution is -2.47. The number of benzene rings is 1. The normalized spacial score (nSPS) is 22.5. The molecule has 5 rings (SSSR count). The van der Waals surface area contributed by atoms with Gasteiger partial charge >= 0.3 is 27.7 Å². The van der Waals surface area contributed by atoms with Crippen molar-refractivity contribution >= 4 is 68.5 Å². The van der Waals surface area contributed by atoms with Crippen LogP contribution in [0, 0.1) is 5.41 Å². The van der Waals surface area contributed by atoms with Gasteiger partial charge in [-0.3, -0.25) is 38.0 Å². The molecule has 2 aliphatic heterocycles. The number of rotatable bonds is 25. The summed E-state index contributed by atoms with van der Waals surface area (Å²) in [7, 11) is -10.4. The average molecular weight is 1040 g/mol. The summed E-state index contributed by atoms with van der Waals surface area (Å²) in [5.41, 5.74) is 20.4. The van der Waals surface area contributed by atoms with Crippen molar-refractivity contribution in [3.63, 3.8) is 0 Å². The van der Waals surface area contributed by atoms with Crippen molar-refractivity contribution in [3.8, 4) is 0 Å². The number of phosphoric ester groups is 2. The Labute approximate surface area is 404 Å². The maximum Gasteiger partial charge on any atom is 0.472 e. The van der Waals surface area contributed by atoms with E-state index >= 15 is 0 Å². The third kappa shape index (κ3) is 17.0. The molecule has 3 aromatic rings. The summed E-state index contributed by atoms with van der Waals surface area (Å²) in [6, 6.07) is 5.32. The van der Waals surface area contributed by atoms with Crippen LogP contribution >= 0.6 is 15.6 Å². The zero-order valence-corrected chi connectivity index (χ0v) is 40.2. The zero-order chi connectivity index (χ0) is 52.1. The number of imidazole rings is 1. The summed E-state index contributed by atoms with van der Waals surface area (Å²) in [5, 5.41) is 28.0. The first kappa shape index (κ1) is 55.8. The number of nitrogens with one attached hydrogen (secondary N) is 3. The molecule has 0 radical (unpaired) electrons. The highest BCUT2D eigenvalue weighted by atomic mass is 31.2. The highest BCUT2D eigenvalue weighted by molar-refractivity contribution is 7.47. The highest BCUT2D eigenvalue weighted by Crippen LogP contribution is 2.49. The summed E-state index contributed by atoms with van der Waals surface area (Å²) in [5.74, 6) is -1.82. The molecular formula is C39H55N13O17P2. The van der Waals surface area contributed by atoms with Crippen molar-refractivity contribution in [2.45, 2.75) is 114 Å². The Morgan fingerprint density at radius 3 is 2.48 bits per heavy atom. The van der Waals surface area contributed by atoms with Crippen LogP contribution in [0.4, 0.5) is 16.3 Å². The van der Waals surface area contributed by atoms with Crippen molar-refractivity contribution in [3.05, 3.63) is 65.2 Å². The van der Waals surface area contributed by atoms with Gasteiger partial charge in [-0.2, -0.15) is 0 Å². The number of alkyl carbamates (subject to hydrolysis) is 1. The van der Waals surface area contributed by atoms with Gasteiger partial charge in [-0.05, 0) is 63.6 Å². The molecule has 388 valence electrons. The molecule has 2 aliphatic rings. The van der Waals surface area contributed by atoms with E-state index in [9.17, 15) is 48.1 Å². The number of aryl methyl sites for hydroxylation is 1. The van der Waals surface area contributed by atoms with Gasteiger partial charge < -0.3 is 60.8 Å². The number of hydrogen-bond donors (Lipinski definition) is 9. The molecule has 32 heteroatoms. The Hall–Kier alpha value is -6.13. The van der Waals surface area contributed by atoms with E-state index in [1.165, 1.54) is 10.9 Å². The number of anilines is 1. The second kappa shape index (κ2) is 24.8. The van der Waals surface area contributed by atoms with E-state index in [0.29, 0.717) is 18.5 Å². The summed E-state index contributed by atoms with van der Waals surface area (Å²) < 4.78 is 64.5. The lowest BCUT2D eigenvalue weighted by molar-refractivity contribution is -0.159. The van der Waals surface area contributed by atoms with Crippen molar-refractivity contribution in [2.24, 2.45) is 10.8 Å². The Morgan fingerprint density at radius 2 is 1.82 bits per heavy atom. The van der Waals surface area contributed by atoms with Crippen molar-refractivity contribution in [1.82, 2.24) is 35.1 Å². The van der Waals surface area contributed by atoms with E-state index in [0.717, 1.165) is 29.1 Å². The second-order valence-corrected chi connectivity index (χ2v) is 19.5. The number of nitrogens with two attached hydrogens (primary N) is 2. The number of aliphatic hydroxyl groups excluding tert-OH is 1. The molecule has 71 heavy (non-hydrogen) atoms. The number of fused-ring (bicyclic) bond motifs is 1. The third-order valence-electron chi connectivity index (χ3n) is 10.3. The molecule has 3 amide bonds. The Morgan fingerprint density at radius 1 is 1.10 bits per heavy atom. The molecule has 0 saturated carbocycles. The molecule has 4 heterocycles. The first-order chi connectivity index (χ1) is 33.5. The number of azide groups is 1. The number of ether oxygens (including phenoxy) is 4. The van der Waals surface area contributed by atoms with Crippen molar-refractivity contribution in [2.75, 3.05) is 25.5 Å². The van der Waals surface area contributed by atoms with E-state index < -0.39 is 108 Å². The number of carbonyl (C=O) groups excluding carboxylic acids is 4. The quantitative estimate of drug-likeness (QED) is 0.00674. The SMILES string of the molecule is CC(C)(C)OC(=O)N[C@@H](CCCCNC(=O)CCc1ccc(N=[N+]=[N-])cc1)C(=O)O[C@H]1[C@@H](O)[C@H](n2cnc3c(N)ncnc32)O[C@@H]1COP(=O)(O)O[C@H]1C[C@H](N(C=O)/C=C\C(=N)N)O[C@@H]1COP(=O)(O)O. The molecule has 0 aliphatic carbocycles. The average Bonchev–Trinajstić information content (AvgIpc) is 3.98. The van der Waals surface area contributed by atoms with Gasteiger partial charge in [0.2, 0.25) is 12.3 Å². The van der Waals surface area contributed by atoms with Crippen LogP contribution in [0.3, 0.4) is 0 Å². The monoisotopic (exact) mass is 1040 g/mol. The number of esters is 1. The standard InChI is InChI=1S/C39H55N13O17P2/c1-39(2,3)68-38(57)48-24(6-4-5-14-44-29(54)12-9-22-7-10-23(11-8-22)49-50-43)37(56)67-33-27(66-36(32(33)55)52-20-47-31-34(42)45-19-46-35(31)52)18-64-71(61,62)69-25-16-30(51(21-53)15-13-28(40)41)65-26(25)17-63-70(58,59)60/h7-8,10-11,13,15,19-21,24-27,30,32-33,36,55H,4-6,9,12,14,16-18H2,1-3H3,(H3,40,41)(H,44,54)(H,48,57)(H,61,62)(H2,42,45,46)(H2,58,59,60)/b15-13-/t24-,25-,26+,27+,30+,32+,33+,36+/m0/s1. The van der Waals surface area contributed by atoms with E-state index in [4.69, 9.17) is 50.4 Å². The number of aliphatic hydroxyl groups is 1. The zero-order valence-electron chi connectivity index (χ0n) is 38.4. The lowest BCUT2D eigenvalue weighted by atomic mass is 10.1. The molecular weight excluding hydrogens is 984 g/mol. The van der Waals surface area contributed by atoms with E-state index in [-0.39, 0.29) is 55.1 Å². The fourth-order valence-electron chi connectivity index (χ4n) is 7.08. The maximum atomic E-state index is 14.1. The number of unbranched alkanes of at least 4 members (excludes halogenated alkanes) is 1. The van der Waals surface area contributed by atoms with E-state index in [1.807, 2.05) is 0 Å². The third-order valence-corrected chi connectivity index (χ3v) is 11.8. The number of aromatic nitrogens is 4. The molecule has 11 N–H and O–H groups in total. The maximum absolute atomic E-state index is 14.1. The molecule has 2 saturated heterocycles. The van der Waals surface area contributed by atoms with Gasteiger partial charge in [0.05, 0.1) is 19.5 Å². The van der Waals surface area contributed by atoms with Gasteiger partial charge in [-0.15, -0.1) is 0 Å². The number of hydrogen-bond acceptors (Lipinski definition) is 20. The van der Waals surface area contributed by atoms with Gasteiger partial charge in [0.25, 0.3) is 0 Å². The summed E-state index contributed by atoms with van der Waals surface area (Å²) in [6.45, 7) is 3.15. The van der Waals surface area contributed by atoms with Gasteiger partial charge in [-0.25, -0.2) is 33.7 Å². The lowest BCUT2D eigenvalue weighted by Gasteiger charge is -2.26. The molecule has 1 unspecified atom stereocenters. The Bertz CT molecular complexity index is 2540. The van der Waals surface area contributed by atoms with Crippen molar-refractivity contribution in [1.29, 1.82) is 5.41 Å². The highest BCUT2D eigenvalue weighted by Gasteiger charge is 2.50. The summed E-state index contributed by atoms with van der Waals surface area (Å²) >= 11 is 0. The molecule has 0 spiro atoms. The van der Waals surface area contributed by atoms with E-state index in [1.54, 1.807) is 45.0 Å². The predicted octanol–water partition coefficient (Wildman–Crippen LogP) is 1.97. The smallest absolute Gasteiger partial charge is 0.455 e. The number of nitrogens with zero attached hydrogens (tertiary/aromatic N) is 8. The van der Waals surface area contributed by atoms with Crippen LogP contribution in [0.1, 0.15) is 64.7 Å². The van der Waals surface area contributed by atoms with Crippen LogP contribution in [-0.4, -0.2) is 143 Å². The second-order valence-electron chi connectivity index (χ2n) is 16.8.